The van der Waals surface area contributed by atoms with E-state index in [-0.39, 0.29) is 11.2 Å². The number of amides is 1. The van der Waals surface area contributed by atoms with Crippen LogP contribution in [-0.2, 0) is 4.79 Å². The van der Waals surface area contributed by atoms with Gasteiger partial charge in [-0.1, -0.05) is 43.8 Å². The summed E-state index contributed by atoms with van der Waals surface area (Å²) in [5, 5.41) is 4.90. The Balaban J connectivity index is 2.05. The first-order chi connectivity index (χ1) is 10.5. The van der Waals surface area contributed by atoms with E-state index in [0.717, 1.165) is 22.1 Å². The number of carbonyl (C=O) groups is 1. The number of aryl methyl sites for hydroxylation is 1. The minimum Gasteiger partial charge on any atom is -0.325 e. The fourth-order valence-electron chi connectivity index (χ4n) is 2.09. The van der Waals surface area contributed by atoms with Crippen LogP contribution in [0.25, 0.3) is 0 Å². The van der Waals surface area contributed by atoms with Crippen LogP contribution in [0.4, 0.5) is 5.69 Å². The molecule has 1 aromatic carbocycles. The predicted molar refractivity (Wildman–Crippen MR) is 95.9 cm³/mol. The minimum absolute atomic E-state index is 0.0219. The van der Waals surface area contributed by atoms with Crippen LogP contribution >= 0.6 is 23.1 Å². The number of hydrogen-bond acceptors (Lipinski definition) is 4. The largest absolute Gasteiger partial charge is 0.325 e. The second-order valence-electron chi connectivity index (χ2n) is 5.40. The zero-order chi connectivity index (χ0) is 16.1. The third-order valence-corrected chi connectivity index (χ3v) is 5.80. The smallest absolute Gasteiger partial charge is 0.237 e. The maximum Gasteiger partial charge on any atom is 0.237 e. The summed E-state index contributed by atoms with van der Waals surface area (Å²) in [5.41, 5.74) is 3.12. The van der Waals surface area contributed by atoms with Crippen LogP contribution < -0.4 is 5.32 Å². The third-order valence-electron chi connectivity index (χ3n) is 3.61. The van der Waals surface area contributed by atoms with Gasteiger partial charge >= 0.3 is 0 Å². The van der Waals surface area contributed by atoms with Crippen molar-refractivity contribution in [3.63, 3.8) is 0 Å². The summed E-state index contributed by atoms with van der Waals surface area (Å²) in [6, 6.07) is 8.05. The van der Waals surface area contributed by atoms with E-state index >= 15 is 0 Å². The molecular weight excluding hydrogens is 312 g/mol. The van der Waals surface area contributed by atoms with Gasteiger partial charge in [0.1, 0.15) is 0 Å². The number of nitrogens with zero attached hydrogens (tertiary/aromatic N) is 1. The van der Waals surface area contributed by atoms with Gasteiger partial charge in [-0.25, -0.2) is 4.98 Å². The molecule has 22 heavy (non-hydrogen) atoms. The molecule has 0 saturated carbocycles. The van der Waals surface area contributed by atoms with E-state index < -0.39 is 0 Å². The summed E-state index contributed by atoms with van der Waals surface area (Å²) in [6.45, 7) is 8.23. The lowest BCUT2D eigenvalue weighted by molar-refractivity contribution is -0.115. The van der Waals surface area contributed by atoms with Crippen molar-refractivity contribution in [1.29, 1.82) is 0 Å². The Morgan fingerprint density at radius 2 is 2.09 bits per heavy atom. The third kappa shape index (κ3) is 4.34. The van der Waals surface area contributed by atoms with Crippen LogP contribution in [0.15, 0.2) is 34.0 Å². The van der Waals surface area contributed by atoms with Crippen molar-refractivity contribution in [1.82, 2.24) is 4.98 Å². The van der Waals surface area contributed by atoms with Crippen LogP contribution in [-0.4, -0.2) is 16.1 Å². The van der Waals surface area contributed by atoms with Crippen molar-refractivity contribution in [2.75, 3.05) is 5.32 Å². The molecule has 0 spiro atoms. The van der Waals surface area contributed by atoms with Crippen LogP contribution in [0.2, 0.25) is 0 Å². The fraction of sp³-hybridized carbons (Fsp3) is 0.412. The van der Waals surface area contributed by atoms with Crippen molar-refractivity contribution in [2.24, 2.45) is 0 Å². The zero-order valence-electron chi connectivity index (χ0n) is 13.4. The van der Waals surface area contributed by atoms with Gasteiger partial charge in [-0.05, 0) is 37.8 Å². The Hall–Kier alpha value is -1.33. The van der Waals surface area contributed by atoms with E-state index in [9.17, 15) is 4.79 Å². The molecule has 3 nitrogen and oxygen atoms in total. The molecule has 0 radical (unpaired) electrons. The number of carbonyl (C=O) groups excluding carboxylic acids is 1. The van der Waals surface area contributed by atoms with Crippen molar-refractivity contribution in [2.45, 2.75) is 49.6 Å². The Morgan fingerprint density at radius 3 is 2.73 bits per heavy atom. The lowest BCUT2D eigenvalue weighted by Crippen LogP contribution is -2.23. The Labute approximate surface area is 140 Å². The van der Waals surface area contributed by atoms with Gasteiger partial charge in [0.2, 0.25) is 5.91 Å². The fourth-order valence-corrected chi connectivity index (χ4v) is 4.07. The highest BCUT2D eigenvalue weighted by Gasteiger charge is 2.18. The average Bonchev–Trinajstić information content (AvgIpc) is 2.92. The molecule has 5 heteroatoms. The molecule has 0 bridgehead atoms. The molecule has 0 fully saturated rings. The highest BCUT2D eigenvalue weighted by molar-refractivity contribution is 8.02. The molecule has 0 aliphatic heterocycles. The molecule has 1 heterocycles. The molecule has 2 atom stereocenters. The summed E-state index contributed by atoms with van der Waals surface area (Å²) in [5.74, 6) is 0.453. The van der Waals surface area contributed by atoms with E-state index in [0.29, 0.717) is 5.92 Å². The molecule has 1 amide bonds. The number of hydrogen-bond donors (Lipinski definition) is 1. The number of thiazole rings is 1. The molecule has 0 saturated heterocycles. The molecule has 2 rings (SSSR count). The molecule has 118 valence electrons. The van der Waals surface area contributed by atoms with Gasteiger partial charge in [0.15, 0.2) is 4.34 Å². The zero-order valence-corrected chi connectivity index (χ0v) is 15.1. The average molecular weight is 335 g/mol. The number of aromatic nitrogens is 1. The lowest BCUT2D eigenvalue weighted by atomic mass is 9.97. The predicted octanol–water partition coefficient (Wildman–Crippen LogP) is 5.08. The molecule has 0 unspecified atom stereocenters. The van der Waals surface area contributed by atoms with Crippen molar-refractivity contribution < 1.29 is 4.79 Å². The standard InChI is InChI=1S/C17H22N2OS2/c1-5-11(2)14-8-6-7-9-15(14)19-16(20)13(4)22-17-18-12(3)10-21-17/h6-11,13H,5H2,1-4H3,(H,19,20)/t11-,13+/m0/s1. The number of thioether (sulfide) groups is 1. The van der Waals surface area contributed by atoms with Gasteiger partial charge in [-0.2, -0.15) is 0 Å². The van der Waals surface area contributed by atoms with Gasteiger partial charge in [0.25, 0.3) is 0 Å². The Kier molecular flexibility index (Phi) is 6.03. The maximum atomic E-state index is 12.4. The summed E-state index contributed by atoms with van der Waals surface area (Å²) >= 11 is 3.09. The molecule has 0 aliphatic rings. The molecule has 1 N–H and O–H groups in total. The minimum atomic E-state index is -0.171. The number of para-hydroxylation sites is 1. The highest BCUT2D eigenvalue weighted by atomic mass is 32.2. The van der Waals surface area contributed by atoms with Crippen LogP contribution in [0.1, 0.15) is 44.4 Å². The maximum absolute atomic E-state index is 12.4. The Morgan fingerprint density at radius 1 is 1.36 bits per heavy atom. The first kappa shape index (κ1) is 17.0. The van der Waals surface area contributed by atoms with E-state index in [1.165, 1.54) is 17.3 Å². The number of benzene rings is 1. The lowest BCUT2D eigenvalue weighted by Gasteiger charge is -2.17. The number of rotatable bonds is 6. The summed E-state index contributed by atoms with van der Waals surface area (Å²) < 4.78 is 0.940. The van der Waals surface area contributed by atoms with Crippen molar-refractivity contribution in [3.05, 3.63) is 40.9 Å². The van der Waals surface area contributed by atoms with Crippen molar-refractivity contribution in [3.8, 4) is 0 Å². The summed E-state index contributed by atoms with van der Waals surface area (Å²) in [6.07, 6.45) is 1.05. The second-order valence-corrected chi connectivity index (χ2v) is 7.85. The van der Waals surface area contributed by atoms with E-state index in [1.54, 1.807) is 11.3 Å². The van der Waals surface area contributed by atoms with E-state index in [1.807, 2.05) is 37.4 Å². The SMILES string of the molecule is CC[C@H](C)c1ccccc1NC(=O)[C@@H](C)Sc1nc(C)cs1. The van der Waals surface area contributed by atoms with Gasteiger partial charge < -0.3 is 5.32 Å². The quantitative estimate of drug-likeness (QED) is 0.749. The van der Waals surface area contributed by atoms with Crippen LogP contribution in [0, 0.1) is 6.92 Å². The highest BCUT2D eigenvalue weighted by Crippen LogP contribution is 2.29. The first-order valence-electron chi connectivity index (χ1n) is 7.49. The number of anilines is 1. The molecule has 2 aromatic rings. The van der Waals surface area contributed by atoms with Crippen molar-refractivity contribution >= 4 is 34.7 Å². The van der Waals surface area contributed by atoms with Crippen LogP contribution in [0.5, 0.6) is 0 Å². The van der Waals surface area contributed by atoms with Gasteiger partial charge in [0, 0.05) is 16.8 Å². The summed E-state index contributed by atoms with van der Waals surface area (Å²) in [4.78, 5) is 16.8. The normalized spacial score (nSPS) is 13.6. The van der Waals surface area contributed by atoms with Crippen LogP contribution in [0.3, 0.4) is 0 Å². The topological polar surface area (TPSA) is 42.0 Å². The van der Waals surface area contributed by atoms with Gasteiger partial charge in [-0.15, -0.1) is 11.3 Å². The number of nitrogens with one attached hydrogen (secondary N) is 1. The summed E-state index contributed by atoms with van der Waals surface area (Å²) in [7, 11) is 0. The van der Waals surface area contributed by atoms with E-state index in [4.69, 9.17) is 0 Å². The Bertz CT molecular complexity index is 639. The molecule has 1 aromatic heterocycles. The molecule has 0 aliphatic carbocycles. The monoisotopic (exact) mass is 334 g/mol. The van der Waals surface area contributed by atoms with Gasteiger partial charge in [0.05, 0.1) is 5.25 Å². The molecular formula is C17H22N2OS2. The van der Waals surface area contributed by atoms with E-state index in [2.05, 4.69) is 30.2 Å². The second kappa shape index (κ2) is 7.79. The van der Waals surface area contributed by atoms with Gasteiger partial charge in [-0.3, -0.25) is 4.79 Å². The first-order valence-corrected chi connectivity index (χ1v) is 9.25.